The maximum atomic E-state index is 4.96. The maximum absolute atomic E-state index is 4.96. The van der Waals surface area contributed by atoms with Crippen LogP contribution in [0.3, 0.4) is 0 Å². The van der Waals surface area contributed by atoms with Gasteiger partial charge >= 0.3 is 29.6 Å². The van der Waals surface area contributed by atoms with Gasteiger partial charge in [-0.15, -0.1) is 0 Å². The van der Waals surface area contributed by atoms with Crippen molar-refractivity contribution in [2.24, 2.45) is 5.41 Å². The normalized spacial score (nSPS) is 21.3. The van der Waals surface area contributed by atoms with E-state index in [4.69, 9.17) is 24.8 Å². The molecule has 0 radical (unpaired) electrons. The minimum Gasteiger partial charge on any atom is -0.411 e. The molecule has 0 bridgehead atoms. The molecule has 1 fully saturated rings. The molecule has 1 rings (SSSR count). The summed E-state index contributed by atoms with van der Waals surface area (Å²) < 4.78 is 0.637. The van der Waals surface area contributed by atoms with E-state index in [0.29, 0.717) is 9.74 Å². The van der Waals surface area contributed by atoms with Crippen molar-refractivity contribution in [2.45, 2.75) is 26.7 Å². The summed E-state index contributed by atoms with van der Waals surface area (Å²) in [4.78, 5) is 2.13. The SMILES string of the molecule is CC1(C)CCCN(C(=S)[S-])C1.[Na+]. The van der Waals surface area contributed by atoms with Crippen LogP contribution in [0.25, 0.3) is 0 Å². The zero-order valence-electron chi connectivity index (χ0n) is 8.09. The number of thiocarbonyl (C=S) groups is 1. The third-order valence-corrected chi connectivity index (χ3v) is 2.68. The Hall–Kier alpha value is 1.11. The number of hydrogen-bond acceptors (Lipinski definition) is 2. The minimum absolute atomic E-state index is 0. The van der Waals surface area contributed by atoms with Crippen LogP contribution in [-0.4, -0.2) is 22.3 Å². The maximum Gasteiger partial charge on any atom is 1.00 e. The van der Waals surface area contributed by atoms with Gasteiger partial charge in [-0.1, -0.05) is 18.2 Å². The first kappa shape index (κ1) is 13.1. The first-order valence-electron chi connectivity index (χ1n) is 3.97. The Morgan fingerprint density at radius 3 is 2.42 bits per heavy atom. The molecule has 0 unspecified atom stereocenters. The van der Waals surface area contributed by atoms with E-state index >= 15 is 0 Å². The topological polar surface area (TPSA) is 3.24 Å². The molecule has 0 aromatic heterocycles. The Balaban J connectivity index is 0.00000121. The quantitative estimate of drug-likeness (QED) is 0.286. The van der Waals surface area contributed by atoms with Crippen molar-refractivity contribution in [1.29, 1.82) is 0 Å². The summed E-state index contributed by atoms with van der Waals surface area (Å²) in [7, 11) is 0. The van der Waals surface area contributed by atoms with Gasteiger partial charge in [-0.05, 0) is 18.3 Å². The summed E-state index contributed by atoms with van der Waals surface area (Å²) in [5.74, 6) is 0. The number of rotatable bonds is 0. The van der Waals surface area contributed by atoms with Crippen LogP contribution in [0, 0.1) is 5.41 Å². The molecule has 0 aliphatic carbocycles. The average Bonchev–Trinajstić information content (AvgIpc) is 1.85. The van der Waals surface area contributed by atoms with Crippen LogP contribution in [0.4, 0.5) is 0 Å². The molecule has 0 aromatic rings. The predicted octanol–water partition coefficient (Wildman–Crippen LogP) is -1.06. The van der Waals surface area contributed by atoms with E-state index in [1.165, 1.54) is 12.8 Å². The molecule has 0 spiro atoms. The second-order valence-corrected chi connectivity index (χ2v) is 4.99. The van der Waals surface area contributed by atoms with E-state index in [0.717, 1.165) is 13.1 Å². The van der Waals surface area contributed by atoms with Gasteiger partial charge in [-0.2, -0.15) is 0 Å². The van der Waals surface area contributed by atoms with E-state index in [1.807, 2.05) is 0 Å². The zero-order valence-corrected chi connectivity index (χ0v) is 11.7. The minimum atomic E-state index is 0. The third-order valence-electron chi connectivity index (χ3n) is 2.16. The standard InChI is InChI=1S/C8H15NS2.Na/c1-8(2)4-3-5-9(6-8)7(10)11;/h3-6H2,1-2H3,(H,10,11);/q;+1/p-1. The summed E-state index contributed by atoms with van der Waals surface area (Å²) in [5, 5.41) is 0. The van der Waals surface area contributed by atoms with Crippen LogP contribution in [0.2, 0.25) is 0 Å². The Labute approximate surface area is 108 Å². The van der Waals surface area contributed by atoms with Crippen LogP contribution in [0.1, 0.15) is 26.7 Å². The summed E-state index contributed by atoms with van der Waals surface area (Å²) in [5.41, 5.74) is 0.404. The van der Waals surface area contributed by atoms with Gasteiger partial charge < -0.3 is 29.7 Å². The molecule has 1 aliphatic rings. The molecule has 0 aromatic carbocycles. The molecule has 1 heterocycles. The van der Waals surface area contributed by atoms with Crippen molar-refractivity contribution < 1.29 is 29.6 Å². The summed E-state index contributed by atoms with van der Waals surface area (Å²) in [6, 6.07) is 0. The molecular weight excluding hydrogens is 197 g/mol. The Morgan fingerprint density at radius 2 is 2.08 bits per heavy atom. The third kappa shape index (κ3) is 3.88. The smallest absolute Gasteiger partial charge is 0.411 e. The molecule has 0 amide bonds. The van der Waals surface area contributed by atoms with E-state index in [9.17, 15) is 0 Å². The molecule has 0 saturated carbocycles. The second-order valence-electron chi connectivity index (χ2n) is 3.96. The number of hydrogen-bond donors (Lipinski definition) is 0. The van der Waals surface area contributed by atoms with Gasteiger partial charge in [0.15, 0.2) is 0 Å². The number of piperidine rings is 1. The zero-order chi connectivity index (χ0) is 8.48. The molecule has 1 aliphatic heterocycles. The largest absolute Gasteiger partial charge is 1.00 e. The predicted molar refractivity (Wildman–Crippen MR) is 54.6 cm³/mol. The van der Waals surface area contributed by atoms with E-state index in [1.54, 1.807) is 0 Å². The fraction of sp³-hybridized carbons (Fsp3) is 0.875. The van der Waals surface area contributed by atoms with Crippen molar-refractivity contribution in [1.82, 2.24) is 4.90 Å². The van der Waals surface area contributed by atoms with Crippen molar-refractivity contribution in [3.63, 3.8) is 0 Å². The summed E-state index contributed by atoms with van der Waals surface area (Å²) >= 11 is 9.92. The monoisotopic (exact) mass is 211 g/mol. The summed E-state index contributed by atoms with van der Waals surface area (Å²) in [6.45, 7) is 6.64. The van der Waals surface area contributed by atoms with Crippen LogP contribution >= 0.6 is 12.2 Å². The Morgan fingerprint density at radius 1 is 1.50 bits per heavy atom. The average molecular weight is 211 g/mol. The van der Waals surface area contributed by atoms with Gasteiger partial charge in [0.2, 0.25) is 0 Å². The molecule has 4 heteroatoms. The van der Waals surface area contributed by atoms with Gasteiger partial charge in [-0.25, -0.2) is 0 Å². The molecule has 1 nitrogen and oxygen atoms in total. The van der Waals surface area contributed by atoms with Crippen LogP contribution in [-0.2, 0) is 12.6 Å². The van der Waals surface area contributed by atoms with Crippen LogP contribution < -0.4 is 29.6 Å². The molecule has 64 valence electrons. The van der Waals surface area contributed by atoms with Crippen molar-refractivity contribution in [3.8, 4) is 0 Å². The second kappa shape index (κ2) is 5.11. The first-order chi connectivity index (χ1) is 5.01. The van der Waals surface area contributed by atoms with Crippen molar-refractivity contribution >= 4 is 29.2 Å². The first-order valence-corrected chi connectivity index (χ1v) is 4.79. The Kier molecular flexibility index (Phi) is 5.58. The van der Waals surface area contributed by atoms with Gasteiger partial charge in [0.25, 0.3) is 0 Å². The fourth-order valence-corrected chi connectivity index (χ4v) is 1.89. The molecular formula is C8H14NNaS2. The molecule has 0 N–H and O–H groups in total. The fourth-order valence-electron chi connectivity index (χ4n) is 1.58. The van der Waals surface area contributed by atoms with Gasteiger partial charge in [0.1, 0.15) is 0 Å². The Bertz CT molecular complexity index is 170. The van der Waals surface area contributed by atoms with E-state index < -0.39 is 0 Å². The van der Waals surface area contributed by atoms with Crippen molar-refractivity contribution in [2.75, 3.05) is 13.1 Å². The molecule has 12 heavy (non-hydrogen) atoms. The number of likely N-dealkylation sites (tertiary alicyclic amines) is 1. The van der Waals surface area contributed by atoms with Gasteiger partial charge in [0.05, 0.1) is 0 Å². The van der Waals surface area contributed by atoms with E-state index in [-0.39, 0.29) is 29.6 Å². The molecule has 1 saturated heterocycles. The van der Waals surface area contributed by atoms with Gasteiger partial charge in [0, 0.05) is 13.1 Å². The van der Waals surface area contributed by atoms with E-state index in [2.05, 4.69) is 18.7 Å². The van der Waals surface area contributed by atoms with Crippen molar-refractivity contribution in [3.05, 3.63) is 0 Å². The van der Waals surface area contributed by atoms with Crippen LogP contribution in [0.15, 0.2) is 0 Å². The molecule has 0 atom stereocenters. The summed E-state index contributed by atoms with van der Waals surface area (Å²) in [6.07, 6.45) is 2.52. The van der Waals surface area contributed by atoms with Gasteiger partial charge in [-0.3, -0.25) is 0 Å². The van der Waals surface area contributed by atoms with Crippen LogP contribution in [0.5, 0.6) is 0 Å². The number of nitrogens with zero attached hydrogens (tertiary/aromatic N) is 1.